The van der Waals surface area contributed by atoms with Crippen molar-refractivity contribution in [2.24, 2.45) is 0 Å². The van der Waals surface area contributed by atoms with Gasteiger partial charge >= 0.3 is 6.18 Å². The van der Waals surface area contributed by atoms with Gasteiger partial charge in [0, 0.05) is 12.7 Å². The molecule has 0 atom stereocenters. The summed E-state index contributed by atoms with van der Waals surface area (Å²) < 4.78 is 37.8. The number of hydrogen-bond donors (Lipinski definition) is 2. The fraction of sp³-hybridized carbons (Fsp3) is 0.583. The van der Waals surface area contributed by atoms with E-state index in [1.807, 2.05) is 6.92 Å². The van der Waals surface area contributed by atoms with Gasteiger partial charge in [0.1, 0.15) is 12.2 Å². The molecule has 0 aliphatic carbocycles. The Labute approximate surface area is 110 Å². The van der Waals surface area contributed by atoms with Crippen molar-refractivity contribution in [3.8, 4) is 0 Å². The molecule has 1 amide bonds. The maximum atomic E-state index is 12.3. The molecule has 108 valence electrons. The van der Waals surface area contributed by atoms with Gasteiger partial charge in [-0.1, -0.05) is 6.92 Å². The summed E-state index contributed by atoms with van der Waals surface area (Å²) in [5.41, 5.74) is 0.0285. The van der Waals surface area contributed by atoms with Gasteiger partial charge in [-0.05, 0) is 31.6 Å². The molecular formula is C12H18F3N3O. The van der Waals surface area contributed by atoms with E-state index in [0.717, 1.165) is 24.1 Å². The predicted molar refractivity (Wildman–Crippen MR) is 66.0 cm³/mol. The van der Waals surface area contributed by atoms with Gasteiger partial charge in [-0.15, -0.1) is 0 Å². The Bertz CT molecular complexity index is 401. The lowest BCUT2D eigenvalue weighted by atomic mass is 10.3. The van der Waals surface area contributed by atoms with E-state index >= 15 is 0 Å². The number of aromatic nitrogens is 1. The lowest BCUT2D eigenvalue weighted by molar-refractivity contribution is -0.140. The average Bonchev–Trinajstić information content (AvgIpc) is 2.74. The predicted octanol–water partition coefficient (Wildman–Crippen LogP) is 1.78. The van der Waals surface area contributed by atoms with Crippen molar-refractivity contribution < 1.29 is 18.0 Å². The smallest absolute Gasteiger partial charge is 0.351 e. The fourth-order valence-corrected chi connectivity index (χ4v) is 1.63. The molecule has 4 nitrogen and oxygen atoms in total. The molecule has 1 heterocycles. The van der Waals surface area contributed by atoms with Crippen molar-refractivity contribution in [2.75, 3.05) is 19.6 Å². The zero-order valence-electron chi connectivity index (χ0n) is 10.8. The van der Waals surface area contributed by atoms with Crippen molar-refractivity contribution in [1.29, 1.82) is 0 Å². The minimum absolute atomic E-state index is 0.0285. The molecule has 2 N–H and O–H groups in total. The van der Waals surface area contributed by atoms with E-state index in [-0.39, 0.29) is 5.69 Å². The highest BCUT2D eigenvalue weighted by Crippen LogP contribution is 2.18. The van der Waals surface area contributed by atoms with E-state index in [2.05, 4.69) is 10.6 Å². The van der Waals surface area contributed by atoms with Crippen LogP contribution in [0.3, 0.4) is 0 Å². The normalized spacial score (nSPS) is 11.6. The zero-order chi connectivity index (χ0) is 14.3. The third-order valence-corrected chi connectivity index (χ3v) is 2.48. The van der Waals surface area contributed by atoms with E-state index in [1.54, 1.807) is 0 Å². The molecule has 1 aromatic heterocycles. The summed E-state index contributed by atoms with van der Waals surface area (Å²) >= 11 is 0. The molecule has 0 aromatic carbocycles. The summed E-state index contributed by atoms with van der Waals surface area (Å²) in [6, 6.07) is 2.81. The molecule has 0 radical (unpaired) electrons. The first-order valence-electron chi connectivity index (χ1n) is 6.15. The van der Waals surface area contributed by atoms with E-state index in [0.29, 0.717) is 6.54 Å². The molecule has 0 saturated heterocycles. The minimum Gasteiger partial charge on any atom is -0.351 e. The van der Waals surface area contributed by atoms with Crippen LogP contribution in [-0.4, -0.2) is 36.3 Å². The van der Waals surface area contributed by atoms with E-state index in [1.165, 1.54) is 18.3 Å². The molecule has 0 fully saturated rings. The highest BCUT2D eigenvalue weighted by molar-refractivity contribution is 5.92. The van der Waals surface area contributed by atoms with Gasteiger partial charge in [-0.25, -0.2) is 0 Å². The quantitative estimate of drug-likeness (QED) is 0.746. The van der Waals surface area contributed by atoms with Crippen LogP contribution < -0.4 is 10.6 Å². The van der Waals surface area contributed by atoms with Crippen molar-refractivity contribution in [2.45, 2.75) is 26.1 Å². The van der Waals surface area contributed by atoms with Gasteiger partial charge in [0.25, 0.3) is 5.91 Å². The lowest BCUT2D eigenvalue weighted by Crippen LogP contribution is -2.30. The van der Waals surface area contributed by atoms with Crippen molar-refractivity contribution in [1.82, 2.24) is 15.2 Å². The van der Waals surface area contributed by atoms with Gasteiger partial charge in [-0.3, -0.25) is 4.79 Å². The Hall–Kier alpha value is -1.50. The van der Waals surface area contributed by atoms with Crippen molar-refractivity contribution in [3.05, 3.63) is 24.0 Å². The molecule has 1 aromatic rings. The van der Waals surface area contributed by atoms with Crippen LogP contribution in [0.25, 0.3) is 0 Å². The number of alkyl halides is 3. The second-order valence-corrected chi connectivity index (χ2v) is 4.10. The van der Waals surface area contributed by atoms with Crippen molar-refractivity contribution in [3.63, 3.8) is 0 Å². The summed E-state index contributed by atoms with van der Waals surface area (Å²) in [6.07, 6.45) is -2.35. The average molecular weight is 277 g/mol. The van der Waals surface area contributed by atoms with Crippen LogP contribution in [0.15, 0.2) is 18.3 Å². The van der Waals surface area contributed by atoms with Gasteiger partial charge in [0.05, 0.1) is 0 Å². The monoisotopic (exact) mass is 277 g/mol. The number of hydrogen-bond acceptors (Lipinski definition) is 2. The summed E-state index contributed by atoms with van der Waals surface area (Å²) in [5, 5.41) is 5.70. The first-order valence-corrected chi connectivity index (χ1v) is 6.15. The van der Waals surface area contributed by atoms with Crippen LogP contribution in [0.1, 0.15) is 23.8 Å². The van der Waals surface area contributed by atoms with E-state index in [4.69, 9.17) is 0 Å². The van der Waals surface area contributed by atoms with Gasteiger partial charge in [0.15, 0.2) is 0 Å². The van der Waals surface area contributed by atoms with Crippen LogP contribution in [0.4, 0.5) is 13.2 Å². The lowest BCUT2D eigenvalue weighted by Gasteiger charge is -2.12. The molecule has 0 unspecified atom stereocenters. The molecule has 0 spiro atoms. The molecule has 0 saturated carbocycles. The molecule has 7 heteroatoms. The summed E-state index contributed by atoms with van der Waals surface area (Å²) in [6.45, 7) is 2.87. The largest absolute Gasteiger partial charge is 0.406 e. The topological polar surface area (TPSA) is 46.1 Å². The third-order valence-electron chi connectivity index (χ3n) is 2.48. The number of rotatable bonds is 7. The van der Waals surface area contributed by atoms with Crippen LogP contribution in [0, 0.1) is 0 Å². The van der Waals surface area contributed by atoms with Crippen molar-refractivity contribution >= 4 is 5.91 Å². The summed E-state index contributed by atoms with van der Waals surface area (Å²) in [7, 11) is 0. The van der Waals surface area contributed by atoms with E-state index < -0.39 is 18.6 Å². The van der Waals surface area contributed by atoms with E-state index in [9.17, 15) is 18.0 Å². The first-order chi connectivity index (χ1) is 8.94. The van der Waals surface area contributed by atoms with Gasteiger partial charge < -0.3 is 15.2 Å². The number of nitrogens with one attached hydrogen (secondary N) is 2. The van der Waals surface area contributed by atoms with Crippen LogP contribution in [-0.2, 0) is 6.54 Å². The van der Waals surface area contributed by atoms with Gasteiger partial charge in [-0.2, -0.15) is 13.2 Å². The Balaban J connectivity index is 2.46. The maximum Gasteiger partial charge on any atom is 0.406 e. The molecule has 19 heavy (non-hydrogen) atoms. The Morgan fingerprint density at radius 3 is 2.74 bits per heavy atom. The number of carbonyl (C=O) groups excluding carboxylic acids is 1. The standard InChI is InChI=1S/C12H18F3N3O/c1-2-16-6-4-7-17-11(19)10-5-3-8-18(10)9-12(13,14)15/h3,5,8,16H,2,4,6-7,9H2,1H3,(H,17,19). The second-order valence-electron chi connectivity index (χ2n) is 4.10. The number of carbonyl (C=O) groups is 1. The van der Waals surface area contributed by atoms with Crippen LogP contribution in [0.5, 0.6) is 0 Å². The highest BCUT2D eigenvalue weighted by atomic mass is 19.4. The Kier molecular flexibility index (Phi) is 5.88. The molecule has 0 aliphatic heterocycles. The number of nitrogens with zero attached hydrogens (tertiary/aromatic N) is 1. The fourth-order valence-electron chi connectivity index (χ4n) is 1.63. The molecule has 1 rings (SSSR count). The van der Waals surface area contributed by atoms with Crippen LogP contribution >= 0.6 is 0 Å². The molecular weight excluding hydrogens is 259 g/mol. The molecule has 0 aliphatic rings. The second kappa shape index (κ2) is 7.18. The Morgan fingerprint density at radius 1 is 1.37 bits per heavy atom. The highest BCUT2D eigenvalue weighted by Gasteiger charge is 2.29. The third kappa shape index (κ3) is 5.78. The summed E-state index contributed by atoms with van der Waals surface area (Å²) in [4.78, 5) is 11.7. The SMILES string of the molecule is CCNCCCNC(=O)c1cccn1CC(F)(F)F. The first kappa shape index (κ1) is 15.6. The van der Waals surface area contributed by atoms with Gasteiger partial charge in [0.2, 0.25) is 0 Å². The maximum absolute atomic E-state index is 12.3. The molecule has 0 bridgehead atoms. The number of halogens is 3. The zero-order valence-corrected chi connectivity index (χ0v) is 10.8. The summed E-state index contributed by atoms with van der Waals surface area (Å²) in [5.74, 6) is -0.481. The minimum atomic E-state index is -4.33. The Morgan fingerprint density at radius 2 is 2.11 bits per heavy atom. The number of amides is 1. The van der Waals surface area contributed by atoms with Crippen LogP contribution in [0.2, 0.25) is 0 Å².